The van der Waals surface area contributed by atoms with Crippen molar-refractivity contribution in [3.63, 3.8) is 0 Å². The van der Waals surface area contributed by atoms with E-state index in [1.165, 1.54) is 6.07 Å². The van der Waals surface area contributed by atoms with Crippen LogP contribution in [0.2, 0.25) is 5.02 Å². The molecule has 0 bridgehead atoms. The Bertz CT molecular complexity index is 759. The molecule has 0 spiro atoms. The highest BCUT2D eigenvalue weighted by atomic mass is 35.5. The summed E-state index contributed by atoms with van der Waals surface area (Å²) >= 11 is 6.26. The fourth-order valence-electron chi connectivity index (χ4n) is 4.54. The Hall–Kier alpha value is -1.53. The van der Waals surface area contributed by atoms with Crippen molar-refractivity contribution in [3.8, 4) is 11.5 Å². The van der Waals surface area contributed by atoms with Gasteiger partial charge in [-0.15, -0.1) is 0 Å². The lowest BCUT2D eigenvalue weighted by molar-refractivity contribution is -0.121. The highest BCUT2D eigenvalue weighted by molar-refractivity contribution is 6.32. The van der Waals surface area contributed by atoms with Crippen molar-refractivity contribution < 1.29 is 23.8 Å². The summed E-state index contributed by atoms with van der Waals surface area (Å²) in [6, 6.07) is 2.15. The number of carboxylic acids is 1. The first kappa shape index (κ1) is 18.8. The van der Waals surface area contributed by atoms with Crippen LogP contribution in [-0.4, -0.2) is 35.1 Å². The number of ether oxygens (including phenoxy) is 2. The lowest BCUT2D eigenvalue weighted by Gasteiger charge is -2.40. The number of benzene rings is 1. The normalized spacial score (nSPS) is 35.0. The van der Waals surface area contributed by atoms with Crippen molar-refractivity contribution >= 4 is 17.6 Å². The third-order valence-electron chi connectivity index (χ3n) is 6.30. The van der Waals surface area contributed by atoms with Crippen LogP contribution in [0.3, 0.4) is 0 Å². The van der Waals surface area contributed by atoms with Crippen LogP contribution in [0.4, 0.5) is 4.39 Å². The summed E-state index contributed by atoms with van der Waals surface area (Å²) < 4.78 is 25.3. The SMILES string of the molecule is Cc1c(C(=O)O)cc(Cl)c2c1OC(C)(C1CCC(N[C@H]3C[C@@H](F)C3)CC1)O2. The van der Waals surface area contributed by atoms with E-state index in [1.807, 2.05) is 6.92 Å². The minimum absolute atomic E-state index is 0.131. The van der Waals surface area contributed by atoms with Crippen LogP contribution in [0.15, 0.2) is 6.07 Å². The van der Waals surface area contributed by atoms with Crippen molar-refractivity contribution in [2.45, 2.75) is 76.4 Å². The topological polar surface area (TPSA) is 67.8 Å². The zero-order chi connectivity index (χ0) is 19.3. The van der Waals surface area contributed by atoms with Crippen molar-refractivity contribution in [2.75, 3.05) is 0 Å². The molecule has 2 aliphatic carbocycles. The molecule has 0 radical (unpaired) electrons. The van der Waals surface area contributed by atoms with Gasteiger partial charge in [-0.25, -0.2) is 9.18 Å². The molecule has 5 nitrogen and oxygen atoms in total. The van der Waals surface area contributed by atoms with Gasteiger partial charge in [-0.3, -0.25) is 0 Å². The second-order valence-corrected chi connectivity index (χ2v) is 8.60. The van der Waals surface area contributed by atoms with Gasteiger partial charge < -0.3 is 19.9 Å². The average molecular weight is 398 g/mol. The lowest BCUT2D eigenvalue weighted by atomic mass is 9.80. The minimum Gasteiger partial charge on any atom is -0.478 e. The van der Waals surface area contributed by atoms with Crippen LogP contribution < -0.4 is 14.8 Å². The predicted molar refractivity (Wildman–Crippen MR) is 99.6 cm³/mol. The zero-order valence-electron chi connectivity index (χ0n) is 15.6. The Balaban J connectivity index is 1.43. The van der Waals surface area contributed by atoms with Gasteiger partial charge in [-0.05, 0) is 51.5 Å². The van der Waals surface area contributed by atoms with Crippen LogP contribution in [0, 0.1) is 12.8 Å². The molecule has 148 valence electrons. The minimum atomic E-state index is -1.03. The summed E-state index contributed by atoms with van der Waals surface area (Å²) in [6.45, 7) is 3.62. The van der Waals surface area contributed by atoms with E-state index in [0.29, 0.717) is 42.0 Å². The van der Waals surface area contributed by atoms with E-state index in [0.717, 1.165) is 25.7 Å². The number of alkyl halides is 1. The molecule has 1 heterocycles. The summed E-state index contributed by atoms with van der Waals surface area (Å²) in [6.07, 6.45) is 4.45. The number of fused-ring (bicyclic) bond motifs is 1. The maximum Gasteiger partial charge on any atom is 0.336 e. The fourth-order valence-corrected chi connectivity index (χ4v) is 4.77. The molecule has 0 saturated heterocycles. The van der Waals surface area contributed by atoms with Gasteiger partial charge in [-0.2, -0.15) is 0 Å². The van der Waals surface area contributed by atoms with Crippen LogP contribution in [0.25, 0.3) is 0 Å². The summed E-state index contributed by atoms with van der Waals surface area (Å²) in [5.74, 6) is -0.828. The molecule has 1 aliphatic heterocycles. The molecule has 27 heavy (non-hydrogen) atoms. The first-order valence-corrected chi connectivity index (χ1v) is 9.99. The Morgan fingerprint density at radius 1 is 1.22 bits per heavy atom. The van der Waals surface area contributed by atoms with Crippen molar-refractivity contribution in [1.82, 2.24) is 5.32 Å². The maximum absolute atomic E-state index is 13.0. The Morgan fingerprint density at radius 3 is 2.44 bits per heavy atom. The summed E-state index contributed by atoms with van der Waals surface area (Å²) in [5, 5.41) is 13.2. The number of carbonyl (C=O) groups is 1. The molecular formula is C20H25ClFNO4. The van der Waals surface area contributed by atoms with Gasteiger partial charge in [0.15, 0.2) is 11.5 Å². The van der Waals surface area contributed by atoms with Gasteiger partial charge in [0.05, 0.1) is 10.6 Å². The van der Waals surface area contributed by atoms with Crippen LogP contribution in [0.1, 0.15) is 61.4 Å². The van der Waals surface area contributed by atoms with Gasteiger partial charge in [0, 0.05) is 30.5 Å². The Morgan fingerprint density at radius 2 is 1.85 bits per heavy atom. The molecule has 1 aromatic rings. The number of halogens is 2. The molecule has 3 aliphatic rings. The van der Waals surface area contributed by atoms with E-state index in [-0.39, 0.29) is 16.5 Å². The molecule has 2 fully saturated rings. The van der Waals surface area contributed by atoms with Gasteiger partial charge >= 0.3 is 5.97 Å². The number of hydrogen-bond acceptors (Lipinski definition) is 4. The number of carboxylic acid groups (broad SMARTS) is 1. The van der Waals surface area contributed by atoms with Crippen LogP contribution in [0.5, 0.6) is 11.5 Å². The van der Waals surface area contributed by atoms with Gasteiger partial charge in [0.2, 0.25) is 0 Å². The molecule has 7 heteroatoms. The fraction of sp³-hybridized carbons (Fsp3) is 0.650. The quantitative estimate of drug-likeness (QED) is 0.783. The Kier molecular flexibility index (Phi) is 4.75. The Labute approximate surface area is 163 Å². The van der Waals surface area contributed by atoms with E-state index in [2.05, 4.69) is 5.32 Å². The van der Waals surface area contributed by atoms with Crippen LogP contribution >= 0.6 is 11.6 Å². The maximum atomic E-state index is 13.0. The standard InChI is InChI=1S/C20H25ClFNO4/c1-10-15(19(24)25)9-16(21)18-17(10)26-20(2,27-18)11-3-5-13(6-4-11)23-14-7-12(22)8-14/h9,11-14,23H,3-8H2,1-2H3,(H,24,25)/t11?,12-,13?,14+,20?. The third kappa shape index (κ3) is 3.38. The molecule has 1 atom stereocenters. The molecule has 0 aromatic heterocycles. The van der Waals surface area contributed by atoms with E-state index < -0.39 is 17.9 Å². The molecule has 2 saturated carbocycles. The van der Waals surface area contributed by atoms with E-state index in [1.54, 1.807) is 6.92 Å². The van der Waals surface area contributed by atoms with E-state index in [4.69, 9.17) is 21.1 Å². The van der Waals surface area contributed by atoms with Gasteiger partial charge in [0.1, 0.15) is 6.17 Å². The van der Waals surface area contributed by atoms with Crippen molar-refractivity contribution in [2.24, 2.45) is 5.92 Å². The molecule has 1 aromatic carbocycles. The number of rotatable bonds is 4. The average Bonchev–Trinajstić information content (AvgIpc) is 2.97. The van der Waals surface area contributed by atoms with E-state index >= 15 is 0 Å². The van der Waals surface area contributed by atoms with E-state index in [9.17, 15) is 14.3 Å². The highest BCUT2D eigenvalue weighted by Gasteiger charge is 2.47. The highest BCUT2D eigenvalue weighted by Crippen LogP contribution is 2.51. The van der Waals surface area contributed by atoms with Gasteiger partial charge in [0.25, 0.3) is 5.79 Å². The number of aromatic carboxylic acids is 1. The third-order valence-corrected chi connectivity index (χ3v) is 6.58. The summed E-state index contributed by atoms with van der Waals surface area (Å²) in [4.78, 5) is 11.4. The van der Waals surface area contributed by atoms with Crippen LogP contribution in [-0.2, 0) is 0 Å². The largest absolute Gasteiger partial charge is 0.478 e. The zero-order valence-corrected chi connectivity index (χ0v) is 16.3. The molecular weight excluding hydrogens is 373 g/mol. The molecule has 0 amide bonds. The van der Waals surface area contributed by atoms with Crippen molar-refractivity contribution in [1.29, 1.82) is 0 Å². The summed E-state index contributed by atoms with van der Waals surface area (Å²) in [7, 11) is 0. The predicted octanol–water partition coefficient (Wildman–Crippen LogP) is 4.48. The van der Waals surface area contributed by atoms with Gasteiger partial charge in [-0.1, -0.05) is 11.6 Å². The lowest BCUT2D eigenvalue weighted by Crippen LogP contribution is -2.51. The number of nitrogens with one attached hydrogen (secondary N) is 1. The van der Waals surface area contributed by atoms with Crippen molar-refractivity contribution in [3.05, 3.63) is 22.2 Å². The smallest absolute Gasteiger partial charge is 0.336 e. The first-order chi connectivity index (χ1) is 12.8. The summed E-state index contributed by atoms with van der Waals surface area (Å²) in [5.41, 5.74) is 0.665. The molecule has 4 rings (SSSR count). The second-order valence-electron chi connectivity index (χ2n) is 8.20. The second kappa shape index (κ2) is 6.82. The molecule has 1 unspecified atom stereocenters. The monoisotopic (exact) mass is 397 g/mol. The number of hydrogen-bond donors (Lipinski definition) is 2. The first-order valence-electron chi connectivity index (χ1n) is 9.61. The molecule has 2 N–H and O–H groups in total.